The number of aromatic nitrogens is 3. The summed E-state index contributed by atoms with van der Waals surface area (Å²) in [6.45, 7) is 2.49. The van der Waals surface area contributed by atoms with Crippen LogP contribution in [-0.4, -0.2) is 39.4 Å². The van der Waals surface area contributed by atoms with Crippen LogP contribution in [0.2, 0.25) is 0 Å². The molecule has 35 heavy (non-hydrogen) atoms. The molecule has 3 aromatic rings. The van der Waals surface area contributed by atoms with E-state index in [1.54, 1.807) is 19.2 Å². The first-order valence-electron chi connectivity index (χ1n) is 11.4. The van der Waals surface area contributed by atoms with Crippen LogP contribution in [-0.2, 0) is 35.4 Å². The molecule has 1 aromatic carbocycles. The zero-order chi connectivity index (χ0) is 24.8. The maximum absolute atomic E-state index is 12.6. The summed E-state index contributed by atoms with van der Waals surface area (Å²) in [5.74, 6) is 0.772. The van der Waals surface area contributed by atoms with Crippen molar-refractivity contribution in [3.8, 4) is 11.8 Å². The Morgan fingerprint density at radius 2 is 2.00 bits per heavy atom. The minimum absolute atomic E-state index is 0.0396. The lowest BCUT2D eigenvalue weighted by Gasteiger charge is -2.10. The minimum atomic E-state index is -0.239. The van der Waals surface area contributed by atoms with Gasteiger partial charge in [0.1, 0.15) is 22.6 Å². The molecule has 0 bridgehead atoms. The molecule has 2 heterocycles. The highest BCUT2D eigenvalue weighted by Gasteiger charge is 2.22. The van der Waals surface area contributed by atoms with Gasteiger partial charge in [0.25, 0.3) is 0 Å². The highest BCUT2D eigenvalue weighted by molar-refractivity contribution is 7.99. The summed E-state index contributed by atoms with van der Waals surface area (Å²) in [7, 11) is 1.55. The van der Waals surface area contributed by atoms with Crippen LogP contribution in [0.1, 0.15) is 41.6 Å². The summed E-state index contributed by atoms with van der Waals surface area (Å²) in [5, 5.41) is 24.9. The fourth-order valence-corrected chi connectivity index (χ4v) is 6.10. The Morgan fingerprint density at radius 1 is 1.20 bits per heavy atom. The highest BCUT2D eigenvalue weighted by atomic mass is 32.2. The SMILES string of the molecule is CCn1c(CC(=O)Nc2ccccc2OC)nnc1SCC(=O)Nc1sc2c(c1C#N)CCCC2. The molecule has 0 saturated carbocycles. The Bertz CT molecular complexity index is 1280. The molecule has 0 radical (unpaired) electrons. The number of para-hydroxylation sites is 2. The van der Waals surface area contributed by atoms with E-state index in [0.717, 1.165) is 31.2 Å². The number of amides is 2. The van der Waals surface area contributed by atoms with Gasteiger partial charge in [-0.15, -0.1) is 21.5 Å². The second kappa shape index (κ2) is 11.4. The van der Waals surface area contributed by atoms with Gasteiger partial charge in [0.05, 0.1) is 30.5 Å². The predicted octanol–water partition coefficient (Wildman–Crippen LogP) is 4.03. The summed E-state index contributed by atoms with van der Waals surface area (Å²) in [6.07, 6.45) is 4.09. The van der Waals surface area contributed by atoms with Gasteiger partial charge in [-0.05, 0) is 50.3 Å². The van der Waals surface area contributed by atoms with Gasteiger partial charge >= 0.3 is 0 Å². The number of hydrogen-bond donors (Lipinski definition) is 2. The van der Waals surface area contributed by atoms with Gasteiger partial charge in [0, 0.05) is 11.4 Å². The average Bonchev–Trinajstić information content (AvgIpc) is 3.42. The molecule has 1 aliphatic carbocycles. The molecule has 9 nitrogen and oxygen atoms in total. The Balaban J connectivity index is 1.37. The molecule has 0 saturated heterocycles. The number of fused-ring (bicyclic) bond motifs is 1. The number of benzene rings is 1. The molecule has 0 spiro atoms. The van der Waals surface area contributed by atoms with E-state index in [1.165, 1.54) is 28.0 Å². The molecule has 182 valence electrons. The third kappa shape index (κ3) is 5.66. The number of ether oxygens (including phenoxy) is 1. The Morgan fingerprint density at radius 3 is 2.77 bits per heavy atom. The van der Waals surface area contributed by atoms with Gasteiger partial charge in [-0.1, -0.05) is 23.9 Å². The summed E-state index contributed by atoms with van der Waals surface area (Å²) >= 11 is 2.76. The van der Waals surface area contributed by atoms with Crippen LogP contribution >= 0.6 is 23.1 Å². The van der Waals surface area contributed by atoms with Crippen molar-refractivity contribution in [2.45, 2.75) is 50.7 Å². The van der Waals surface area contributed by atoms with E-state index in [4.69, 9.17) is 4.74 Å². The van der Waals surface area contributed by atoms with Crippen LogP contribution in [0.5, 0.6) is 5.75 Å². The van der Waals surface area contributed by atoms with Gasteiger partial charge in [0.2, 0.25) is 11.8 Å². The first kappa shape index (κ1) is 24.8. The normalized spacial score (nSPS) is 12.5. The van der Waals surface area contributed by atoms with E-state index in [-0.39, 0.29) is 24.0 Å². The lowest BCUT2D eigenvalue weighted by molar-refractivity contribution is -0.116. The fourth-order valence-electron chi connectivity index (χ4n) is 4.03. The summed E-state index contributed by atoms with van der Waals surface area (Å²) < 4.78 is 7.10. The van der Waals surface area contributed by atoms with Gasteiger partial charge in [-0.3, -0.25) is 9.59 Å². The van der Waals surface area contributed by atoms with Crippen LogP contribution in [0.25, 0.3) is 0 Å². The highest BCUT2D eigenvalue weighted by Crippen LogP contribution is 2.37. The maximum atomic E-state index is 12.6. The lowest BCUT2D eigenvalue weighted by atomic mass is 9.96. The Labute approximate surface area is 211 Å². The van der Waals surface area contributed by atoms with Crippen molar-refractivity contribution in [1.29, 1.82) is 5.26 Å². The number of carbonyl (C=O) groups excluding carboxylic acids is 2. The standard InChI is InChI=1S/C24H26N6O3S2/c1-3-30-20(12-21(31)26-17-9-5-6-10-18(17)33-2)28-29-24(30)34-14-22(32)27-23-16(13-25)15-8-4-7-11-19(15)35-23/h5-6,9-10H,3-4,7-8,11-12,14H2,1-2H3,(H,26,31)(H,27,32). The first-order valence-corrected chi connectivity index (χ1v) is 13.2. The van der Waals surface area contributed by atoms with E-state index >= 15 is 0 Å². The molecular formula is C24H26N6O3S2. The molecule has 2 N–H and O–H groups in total. The number of carbonyl (C=O) groups is 2. The number of nitrogens with one attached hydrogen (secondary N) is 2. The Hall–Kier alpha value is -3.36. The average molecular weight is 511 g/mol. The number of aryl methyl sites for hydroxylation is 1. The second-order valence-corrected chi connectivity index (χ2v) is 9.98. The van der Waals surface area contributed by atoms with Crippen molar-refractivity contribution < 1.29 is 14.3 Å². The number of hydrogen-bond acceptors (Lipinski definition) is 8. The van der Waals surface area contributed by atoms with E-state index in [9.17, 15) is 14.9 Å². The van der Waals surface area contributed by atoms with Gasteiger partial charge in [0.15, 0.2) is 5.16 Å². The zero-order valence-electron chi connectivity index (χ0n) is 19.6. The molecule has 2 aromatic heterocycles. The van der Waals surface area contributed by atoms with E-state index in [0.29, 0.717) is 39.5 Å². The smallest absolute Gasteiger partial charge is 0.235 e. The molecular weight excluding hydrogens is 484 g/mol. The van der Waals surface area contributed by atoms with Crippen LogP contribution < -0.4 is 15.4 Å². The third-order valence-corrected chi connectivity index (χ3v) is 7.85. The maximum Gasteiger partial charge on any atom is 0.235 e. The van der Waals surface area contributed by atoms with Crippen LogP contribution in [0.3, 0.4) is 0 Å². The summed E-state index contributed by atoms with van der Waals surface area (Å²) in [5.41, 5.74) is 2.28. The van der Waals surface area contributed by atoms with Crippen molar-refractivity contribution in [3.05, 3.63) is 46.1 Å². The fraction of sp³-hybridized carbons (Fsp3) is 0.375. The lowest BCUT2D eigenvalue weighted by Crippen LogP contribution is -2.18. The third-order valence-electron chi connectivity index (χ3n) is 5.68. The number of methoxy groups -OCH3 is 1. The number of thioether (sulfide) groups is 1. The number of rotatable bonds is 9. The van der Waals surface area contributed by atoms with Crippen molar-refractivity contribution in [3.63, 3.8) is 0 Å². The van der Waals surface area contributed by atoms with E-state index < -0.39 is 0 Å². The molecule has 1 aliphatic rings. The summed E-state index contributed by atoms with van der Waals surface area (Å²) in [4.78, 5) is 26.4. The Kier molecular flexibility index (Phi) is 8.05. The second-order valence-electron chi connectivity index (χ2n) is 7.93. The van der Waals surface area contributed by atoms with Gasteiger partial charge < -0.3 is 19.9 Å². The largest absolute Gasteiger partial charge is 0.495 e. The molecule has 2 amide bonds. The topological polar surface area (TPSA) is 122 Å². The molecule has 0 fully saturated rings. The van der Waals surface area contributed by atoms with Gasteiger partial charge in [-0.2, -0.15) is 5.26 Å². The van der Waals surface area contributed by atoms with Crippen LogP contribution in [0, 0.1) is 11.3 Å². The summed E-state index contributed by atoms with van der Waals surface area (Å²) in [6, 6.07) is 9.45. The quantitative estimate of drug-likeness (QED) is 0.417. The predicted molar refractivity (Wildman–Crippen MR) is 136 cm³/mol. The number of nitriles is 1. The number of thiophene rings is 1. The first-order chi connectivity index (χ1) is 17.0. The van der Waals surface area contributed by atoms with Crippen molar-refractivity contribution in [2.75, 3.05) is 23.5 Å². The molecule has 11 heteroatoms. The zero-order valence-corrected chi connectivity index (χ0v) is 21.2. The monoisotopic (exact) mass is 510 g/mol. The molecule has 0 atom stereocenters. The van der Waals surface area contributed by atoms with Crippen LogP contribution in [0.15, 0.2) is 29.4 Å². The number of nitrogens with zero attached hydrogens (tertiary/aromatic N) is 4. The van der Waals surface area contributed by atoms with Crippen molar-refractivity contribution in [2.24, 2.45) is 0 Å². The molecule has 0 aliphatic heterocycles. The molecule has 4 rings (SSSR count). The molecule has 0 unspecified atom stereocenters. The van der Waals surface area contributed by atoms with Crippen LogP contribution in [0.4, 0.5) is 10.7 Å². The minimum Gasteiger partial charge on any atom is -0.495 e. The van der Waals surface area contributed by atoms with E-state index in [1.807, 2.05) is 23.6 Å². The van der Waals surface area contributed by atoms with Gasteiger partial charge in [-0.25, -0.2) is 0 Å². The van der Waals surface area contributed by atoms with Crippen molar-refractivity contribution in [1.82, 2.24) is 14.8 Å². The van der Waals surface area contributed by atoms with E-state index in [2.05, 4.69) is 26.9 Å². The number of anilines is 2. The van der Waals surface area contributed by atoms with Crippen molar-refractivity contribution >= 4 is 45.6 Å².